The summed E-state index contributed by atoms with van der Waals surface area (Å²) < 4.78 is 0. The summed E-state index contributed by atoms with van der Waals surface area (Å²) >= 11 is 0. The van der Waals surface area contributed by atoms with Crippen molar-refractivity contribution >= 4 is 55.7 Å². The van der Waals surface area contributed by atoms with Gasteiger partial charge in [0.1, 0.15) is 0 Å². The molecule has 2 heteroatoms. The Kier molecular flexibility index (Phi) is 8.60. The molecule has 59 heavy (non-hydrogen) atoms. The Labute approximate surface area is 345 Å². The van der Waals surface area contributed by atoms with E-state index in [1.54, 1.807) is 0 Å². The van der Waals surface area contributed by atoms with Crippen LogP contribution in [0, 0.1) is 0 Å². The molecule has 0 N–H and O–H groups in total. The molecule has 0 aliphatic carbocycles. The molecule has 0 atom stereocenters. The molecule has 10 aromatic carbocycles. The predicted octanol–water partition coefficient (Wildman–Crippen LogP) is 15.8. The van der Waals surface area contributed by atoms with E-state index in [-0.39, 0.29) is 0 Å². The van der Waals surface area contributed by atoms with E-state index in [2.05, 4.69) is 240 Å². The largest absolute Gasteiger partial charge is 0.311 e. The summed E-state index contributed by atoms with van der Waals surface area (Å²) in [5.41, 5.74) is 16.9. The van der Waals surface area contributed by atoms with Gasteiger partial charge in [-0.05, 0) is 145 Å². The van der Waals surface area contributed by atoms with Gasteiger partial charge in [-0.2, -0.15) is 0 Å². The Hall–Kier alpha value is -7.68. The van der Waals surface area contributed by atoms with Crippen molar-refractivity contribution in [1.82, 2.24) is 0 Å². The summed E-state index contributed by atoms with van der Waals surface area (Å²) in [4.78, 5) is 4.79. The molecule has 0 amide bonds. The average molecular weight is 753 g/mol. The molecule has 1 aliphatic heterocycles. The highest BCUT2D eigenvalue weighted by Crippen LogP contribution is 2.47. The molecule has 278 valence electrons. The minimum absolute atomic E-state index is 0.850. The molecular formula is C57H40N2. The zero-order valence-electron chi connectivity index (χ0n) is 32.5. The number of rotatable bonds is 7. The lowest BCUT2D eigenvalue weighted by Crippen LogP contribution is -2.18. The van der Waals surface area contributed by atoms with E-state index >= 15 is 0 Å². The van der Waals surface area contributed by atoms with E-state index in [4.69, 9.17) is 0 Å². The van der Waals surface area contributed by atoms with E-state index in [1.165, 1.54) is 83.1 Å². The van der Waals surface area contributed by atoms with Gasteiger partial charge in [-0.3, -0.25) is 0 Å². The molecule has 0 saturated carbocycles. The molecule has 0 fully saturated rings. The number of hydrogen-bond donors (Lipinski definition) is 0. The van der Waals surface area contributed by atoms with E-state index in [0.717, 1.165) is 23.5 Å². The molecule has 0 radical (unpaired) electrons. The summed E-state index contributed by atoms with van der Waals surface area (Å²) in [6.45, 7) is 0. The molecule has 11 rings (SSSR count). The van der Waals surface area contributed by atoms with Crippen molar-refractivity contribution in [2.24, 2.45) is 0 Å². The van der Waals surface area contributed by atoms with Crippen LogP contribution in [0.3, 0.4) is 0 Å². The monoisotopic (exact) mass is 752 g/mol. The first kappa shape index (κ1) is 34.6. The van der Waals surface area contributed by atoms with E-state index in [0.29, 0.717) is 0 Å². The molecule has 1 aliphatic rings. The smallest absolute Gasteiger partial charge is 0.0497 e. The van der Waals surface area contributed by atoms with Gasteiger partial charge in [0.15, 0.2) is 0 Å². The van der Waals surface area contributed by atoms with Gasteiger partial charge in [0, 0.05) is 40.5 Å². The fourth-order valence-electron chi connectivity index (χ4n) is 8.81. The Balaban J connectivity index is 0.966. The van der Waals surface area contributed by atoms with Gasteiger partial charge in [0.05, 0.1) is 0 Å². The molecule has 0 unspecified atom stereocenters. The summed E-state index contributed by atoms with van der Waals surface area (Å²) in [7, 11) is 0. The molecule has 0 bridgehead atoms. The maximum absolute atomic E-state index is 2.46. The van der Waals surface area contributed by atoms with Crippen LogP contribution in [-0.2, 0) is 6.42 Å². The third-order valence-corrected chi connectivity index (χ3v) is 11.8. The molecular weight excluding hydrogens is 713 g/mol. The van der Waals surface area contributed by atoms with Gasteiger partial charge in [-0.25, -0.2) is 0 Å². The van der Waals surface area contributed by atoms with E-state index in [9.17, 15) is 0 Å². The fourth-order valence-corrected chi connectivity index (χ4v) is 8.81. The van der Waals surface area contributed by atoms with Crippen LogP contribution in [0.4, 0.5) is 34.1 Å². The third kappa shape index (κ3) is 6.51. The number of para-hydroxylation sites is 1. The molecule has 0 aromatic heterocycles. The SMILES string of the molecule is c1ccc(-c2ccc(N(c3ccccc3)c3ccc(-c4ccc5c(c4)Cc4cc(-c6ccc7ccccc7c6)ccc4N5c4ccc5ccccc5c4)cc3)cc2)cc1. The lowest BCUT2D eigenvalue weighted by atomic mass is 9.89. The summed E-state index contributed by atoms with van der Waals surface area (Å²) in [6.07, 6.45) is 0.850. The zero-order valence-corrected chi connectivity index (χ0v) is 32.5. The normalized spacial score (nSPS) is 12.0. The lowest BCUT2D eigenvalue weighted by Gasteiger charge is -2.34. The van der Waals surface area contributed by atoms with Gasteiger partial charge >= 0.3 is 0 Å². The topological polar surface area (TPSA) is 6.48 Å². The second kappa shape index (κ2) is 14.7. The molecule has 2 nitrogen and oxygen atoms in total. The Bertz CT molecular complexity index is 3110. The van der Waals surface area contributed by atoms with Crippen molar-refractivity contribution in [3.05, 3.63) is 242 Å². The molecule has 1 heterocycles. The van der Waals surface area contributed by atoms with Crippen LogP contribution in [0.5, 0.6) is 0 Å². The first-order valence-corrected chi connectivity index (χ1v) is 20.4. The van der Waals surface area contributed by atoms with Gasteiger partial charge in [-0.1, -0.05) is 152 Å². The summed E-state index contributed by atoms with van der Waals surface area (Å²) in [5, 5.41) is 5.00. The number of benzene rings is 10. The van der Waals surface area contributed by atoms with Crippen molar-refractivity contribution < 1.29 is 0 Å². The van der Waals surface area contributed by atoms with Crippen LogP contribution in [0.2, 0.25) is 0 Å². The summed E-state index contributed by atoms with van der Waals surface area (Å²) in [6, 6.07) is 84.0. The first-order chi connectivity index (χ1) is 29.2. The second-order valence-corrected chi connectivity index (χ2v) is 15.4. The van der Waals surface area contributed by atoms with Crippen LogP contribution in [0.15, 0.2) is 231 Å². The summed E-state index contributed by atoms with van der Waals surface area (Å²) in [5.74, 6) is 0. The predicted molar refractivity (Wildman–Crippen MR) is 250 cm³/mol. The minimum Gasteiger partial charge on any atom is -0.311 e. The van der Waals surface area contributed by atoms with Gasteiger partial charge in [0.25, 0.3) is 0 Å². The van der Waals surface area contributed by atoms with E-state index < -0.39 is 0 Å². The number of hydrogen-bond acceptors (Lipinski definition) is 2. The highest BCUT2D eigenvalue weighted by atomic mass is 15.2. The third-order valence-electron chi connectivity index (χ3n) is 11.8. The minimum atomic E-state index is 0.850. The molecule has 0 spiro atoms. The lowest BCUT2D eigenvalue weighted by molar-refractivity contribution is 1.09. The average Bonchev–Trinajstić information content (AvgIpc) is 3.31. The van der Waals surface area contributed by atoms with Gasteiger partial charge in [0.2, 0.25) is 0 Å². The number of fused-ring (bicyclic) bond motifs is 4. The Morgan fingerprint density at radius 3 is 1.31 bits per heavy atom. The van der Waals surface area contributed by atoms with Crippen molar-refractivity contribution in [2.45, 2.75) is 6.42 Å². The molecule has 10 aromatic rings. The number of anilines is 6. The van der Waals surface area contributed by atoms with Crippen molar-refractivity contribution in [3.63, 3.8) is 0 Å². The van der Waals surface area contributed by atoms with Crippen LogP contribution in [0.25, 0.3) is 54.9 Å². The maximum atomic E-state index is 2.46. The van der Waals surface area contributed by atoms with Crippen LogP contribution in [-0.4, -0.2) is 0 Å². The van der Waals surface area contributed by atoms with Crippen LogP contribution in [0.1, 0.15) is 11.1 Å². The van der Waals surface area contributed by atoms with E-state index in [1.807, 2.05) is 0 Å². The second-order valence-electron chi connectivity index (χ2n) is 15.4. The standard InChI is InChI=1S/C57H40N2/c1-3-11-40(12-4-1)43-21-28-53(29-22-43)58(52-17-5-2-6-18-52)54-30-23-44(24-31-54)47-26-33-56-50(36-47)38-51-37-49(48-20-19-41-13-7-9-15-45(41)35-48)27-34-57(51)59(56)55-32-25-42-14-8-10-16-46(42)39-55/h1-37,39H,38H2. The number of nitrogens with zero attached hydrogens (tertiary/aromatic N) is 2. The Morgan fingerprint density at radius 2 is 0.695 bits per heavy atom. The van der Waals surface area contributed by atoms with Gasteiger partial charge in [-0.15, -0.1) is 0 Å². The van der Waals surface area contributed by atoms with Gasteiger partial charge < -0.3 is 9.80 Å². The molecule has 0 saturated heterocycles. The van der Waals surface area contributed by atoms with Crippen molar-refractivity contribution in [2.75, 3.05) is 9.80 Å². The first-order valence-electron chi connectivity index (χ1n) is 20.4. The Morgan fingerprint density at radius 1 is 0.288 bits per heavy atom. The fraction of sp³-hybridized carbons (Fsp3) is 0.0175. The quantitative estimate of drug-likeness (QED) is 0.160. The zero-order chi connectivity index (χ0) is 39.1. The highest BCUT2D eigenvalue weighted by Gasteiger charge is 2.25. The maximum Gasteiger partial charge on any atom is 0.0497 e. The van der Waals surface area contributed by atoms with Crippen molar-refractivity contribution in [1.29, 1.82) is 0 Å². The highest BCUT2D eigenvalue weighted by molar-refractivity contribution is 5.93. The van der Waals surface area contributed by atoms with Crippen molar-refractivity contribution in [3.8, 4) is 33.4 Å². The van der Waals surface area contributed by atoms with Crippen LogP contribution >= 0.6 is 0 Å². The van der Waals surface area contributed by atoms with Crippen LogP contribution < -0.4 is 9.80 Å².